The molecule has 4 rings (SSSR count). The lowest BCUT2D eigenvalue weighted by Crippen LogP contribution is -2.17. The SMILES string of the molecule is CCOc1ccc(C(=O)N/N=C\c2cc(I)c(OCc3cccc4ccccc34)c(OCC)c2)cc1. The van der Waals surface area contributed by atoms with Crippen LogP contribution in [0, 0.1) is 3.57 Å². The molecular formula is C29H27IN2O4. The van der Waals surface area contributed by atoms with E-state index in [1.54, 1.807) is 30.5 Å². The molecule has 4 aromatic carbocycles. The molecule has 4 aromatic rings. The van der Waals surface area contributed by atoms with Crippen LogP contribution in [0.4, 0.5) is 0 Å². The maximum atomic E-state index is 12.4. The third-order valence-corrected chi connectivity index (χ3v) is 6.19. The maximum Gasteiger partial charge on any atom is 0.271 e. The molecule has 7 heteroatoms. The number of amides is 1. The van der Waals surface area contributed by atoms with Gasteiger partial charge in [0.05, 0.1) is 23.0 Å². The van der Waals surface area contributed by atoms with Crippen LogP contribution in [0.1, 0.15) is 35.3 Å². The lowest BCUT2D eigenvalue weighted by molar-refractivity contribution is 0.0955. The molecule has 1 N–H and O–H groups in total. The molecule has 6 nitrogen and oxygen atoms in total. The van der Waals surface area contributed by atoms with Gasteiger partial charge in [0.15, 0.2) is 11.5 Å². The Morgan fingerprint density at radius 1 is 0.917 bits per heavy atom. The number of fused-ring (bicyclic) bond motifs is 1. The molecule has 0 unspecified atom stereocenters. The van der Waals surface area contributed by atoms with Gasteiger partial charge in [-0.05, 0) is 94.7 Å². The fourth-order valence-corrected chi connectivity index (χ4v) is 4.51. The third-order valence-electron chi connectivity index (χ3n) is 5.39. The van der Waals surface area contributed by atoms with Crippen molar-refractivity contribution in [1.29, 1.82) is 0 Å². The second kappa shape index (κ2) is 12.4. The number of nitrogens with zero attached hydrogens (tertiary/aromatic N) is 1. The Kier molecular flexibility index (Phi) is 8.78. The molecule has 0 radical (unpaired) electrons. The van der Waals surface area contributed by atoms with Gasteiger partial charge in [-0.1, -0.05) is 42.5 Å². The molecule has 0 aliphatic carbocycles. The summed E-state index contributed by atoms with van der Waals surface area (Å²) in [4.78, 5) is 12.4. The summed E-state index contributed by atoms with van der Waals surface area (Å²) < 4.78 is 18.4. The van der Waals surface area contributed by atoms with Crippen LogP contribution >= 0.6 is 22.6 Å². The average molecular weight is 594 g/mol. The first-order valence-corrected chi connectivity index (χ1v) is 12.8. The summed E-state index contributed by atoms with van der Waals surface area (Å²) in [6.45, 7) is 5.33. The molecule has 0 heterocycles. The van der Waals surface area contributed by atoms with E-state index in [-0.39, 0.29) is 5.91 Å². The maximum absolute atomic E-state index is 12.4. The molecule has 36 heavy (non-hydrogen) atoms. The molecule has 0 saturated heterocycles. The Bertz CT molecular complexity index is 1360. The van der Waals surface area contributed by atoms with Crippen molar-refractivity contribution in [2.75, 3.05) is 13.2 Å². The van der Waals surface area contributed by atoms with Crippen LogP contribution in [-0.4, -0.2) is 25.3 Å². The first-order valence-electron chi connectivity index (χ1n) is 11.7. The number of benzene rings is 4. The zero-order chi connectivity index (χ0) is 25.3. The van der Waals surface area contributed by atoms with Gasteiger partial charge in [-0.25, -0.2) is 5.43 Å². The topological polar surface area (TPSA) is 69.2 Å². The van der Waals surface area contributed by atoms with Gasteiger partial charge in [-0.3, -0.25) is 4.79 Å². The summed E-state index contributed by atoms with van der Waals surface area (Å²) in [6, 6.07) is 25.2. The average Bonchev–Trinajstić information content (AvgIpc) is 2.89. The highest BCUT2D eigenvalue weighted by molar-refractivity contribution is 14.1. The lowest BCUT2D eigenvalue weighted by Gasteiger charge is -2.15. The zero-order valence-electron chi connectivity index (χ0n) is 20.2. The lowest BCUT2D eigenvalue weighted by atomic mass is 10.1. The standard InChI is InChI=1S/C29H27IN2O4/c1-3-34-24-14-12-22(13-15-24)29(33)32-31-18-20-16-26(30)28(27(17-20)35-4-2)36-19-23-10-7-9-21-8-5-6-11-25(21)23/h5-18H,3-4,19H2,1-2H3,(H,32,33)/b31-18-. The molecule has 0 saturated carbocycles. The van der Waals surface area contributed by atoms with Crippen LogP contribution in [0.5, 0.6) is 17.2 Å². The predicted octanol–water partition coefficient (Wildman–Crippen LogP) is 6.58. The van der Waals surface area contributed by atoms with Crippen LogP contribution in [-0.2, 0) is 6.61 Å². The van der Waals surface area contributed by atoms with Crippen molar-refractivity contribution in [3.63, 3.8) is 0 Å². The minimum Gasteiger partial charge on any atom is -0.494 e. The molecular weight excluding hydrogens is 567 g/mol. The smallest absolute Gasteiger partial charge is 0.271 e. The number of rotatable bonds is 10. The van der Waals surface area contributed by atoms with Gasteiger partial charge in [0.25, 0.3) is 5.91 Å². The van der Waals surface area contributed by atoms with Crippen LogP contribution in [0.2, 0.25) is 0 Å². The second-order valence-electron chi connectivity index (χ2n) is 7.85. The van der Waals surface area contributed by atoms with Crippen LogP contribution in [0.15, 0.2) is 84.0 Å². The Labute approximate surface area is 224 Å². The Hall–Kier alpha value is -3.59. The number of nitrogens with one attached hydrogen (secondary N) is 1. The predicted molar refractivity (Wildman–Crippen MR) is 151 cm³/mol. The van der Waals surface area contributed by atoms with Crippen molar-refractivity contribution < 1.29 is 19.0 Å². The summed E-state index contributed by atoms with van der Waals surface area (Å²) in [5, 5.41) is 6.47. The molecule has 0 spiro atoms. The number of carbonyl (C=O) groups excluding carboxylic acids is 1. The van der Waals surface area contributed by atoms with E-state index in [0.717, 1.165) is 20.4 Å². The van der Waals surface area contributed by atoms with Gasteiger partial charge in [-0.15, -0.1) is 0 Å². The number of halogens is 1. The normalized spacial score (nSPS) is 11.0. The van der Waals surface area contributed by atoms with E-state index in [4.69, 9.17) is 14.2 Å². The first kappa shape index (κ1) is 25.5. The van der Waals surface area contributed by atoms with Crippen molar-refractivity contribution in [3.05, 3.63) is 99.1 Å². The summed E-state index contributed by atoms with van der Waals surface area (Å²) in [5.74, 6) is 1.73. The minimum atomic E-state index is -0.302. The van der Waals surface area contributed by atoms with Crippen LogP contribution < -0.4 is 19.6 Å². The highest BCUT2D eigenvalue weighted by atomic mass is 127. The number of hydrazone groups is 1. The number of ether oxygens (including phenoxy) is 3. The van der Waals surface area contributed by atoms with E-state index in [0.29, 0.717) is 36.9 Å². The highest BCUT2D eigenvalue weighted by Gasteiger charge is 2.13. The quantitative estimate of drug-likeness (QED) is 0.128. The Morgan fingerprint density at radius 3 is 2.44 bits per heavy atom. The molecule has 1 amide bonds. The van der Waals surface area contributed by atoms with E-state index in [2.05, 4.69) is 57.4 Å². The van der Waals surface area contributed by atoms with E-state index < -0.39 is 0 Å². The first-order chi connectivity index (χ1) is 17.6. The van der Waals surface area contributed by atoms with E-state index >= 15 is 0 Å². The van der Waals surface area contributed by atoms with Crippen molar-refractivity contribution in [2.45, 2.75) is 20.5 Å². The van der Waals surface area contributed by atoms with Crippen molar-refractivity contribution >= 4 is 45.5 Å². The van der Waals surface area contributed by atoms with Crippen LogP contribution in [0.3, 0.4) is 0 Å². The summed E-state index contributed by atoms with van der Waals surface area (Å²) in [5.41, 5.74) is 4.95. The van der Waals surface area contributed by atoms with Crippen molar-refractivity contribution in [3.8, 4) is 17.2 Å². The number of hydrogen-bond acceptors (Lipinski definition) is 5. The molecule has 0 bridgehead atoms. The van der Waals surface area contributed by atoms with Gasteiger partial charge in [0.2, 0.25) is 0 Å². The van der Waals surface area contributed by atoms with Crippen LogP contribution in [0.25, 0.3) is 10.8 Å². The monoisotopic (exact) mass is 594 g/mol. The Balaban J connectivity index is 1.46. The van der Waals surface area contributed by atoms with Gasteiger partial charge in [-0.2, -0.15) is 5.10 Å². The summed E-state index contributed by atoms with van der Waals surface area (Å²) in [6.07, 6.45) is 1.59. The summed E-state index contributed by atoms with van der Waals surface area (Å²) in [7, 11) is 0. The summed E-state index contributed by atoms with van der Waals surface area (Å²) >= 11 is 2.23. The van der Waals surface area contributed by atoms with Gasteiger partial charge >= 0.3 is 0 Å². The van der Waals surface area contributed by atoms with Crippen molar-refractivity contribution in [1.82, 2.24) is 5.43 Å². The van der Waals surface area contributed by atoms with Crippen molar-refractivity contribution in [2.24, 2.45) is 5.10 Å². The Morgan fingerprint density at radius 2 is 1.67 bits per heavy atom. The highest BCUT2D eigenvalue weighted by Crippen LogP contribution is 2.35. The largest absolute Gasteiger partial charge is 0.494 e. The van der Waals surface area contributed by atoms with Gasteiger partial charge < -0.3 is 14.2 Å². The molecule has 0 fully saturated rings. The fourth-order valence-electron chi connectivity index (χ4n) is 3.73. The van der Waals surface area contributed by atoms with E-state index in [9.17, 15) is 4.79 Å². The number of carbonyl (C=O) groups is 1. The molecule has 0 aromatic heterocycles. The molecule has 0 aliphatic heterocycles. The zero-order valence-corrected chi connectivity index (χ0v) is 22.3. The van der Waals surface area contributed by atoms with Gasteiger partial charge in [0, 0.05) is 5.56 Å². The fraction of sp³-hybridized carbons (Fsp3) is 0.172. The molecule has 0 atom stereocenters. The van der Waals surface area contributed by atoms with E-state index in [1.807, 2.05) is 44.2 Å². The van der Waals surface area contributed by atoms with E-state index in [1.165, 1.54) is 10.8 Å². The number of hydrogen-bond donors (Lipinski definition) is 1. The molecule has 184 valence electrons. The minimum absolute atomic E-state index is 0.302. The van der Waals surface area contributed by atoms with Gasteiger partial charge in [0.1, 0.15) is 12.4 Å². The molecule has 0 aliphatic rings. The second-order valence-corrected chi connectivity index (χ2v) is 9.01. The third kappa shape index (κ3) is 6.34.